The van der Waals surface area contributed by atoms with E-state index in [0.717, 1.165) is 32.3 Å². The van der Waals surface area contributed by atoms with Gasteiger partial charge in [-0.2, -0.15) is 0 Å². The normalized spacial score (nSPS) is 29.5. The van der Waals surface area contributed by atoms with Gasteiger partial charge >= 0.3 is 5.97 Å². The van der Waals surface area contributed by atoms with Gasteiger partial charge < -0.3 is 15.2 Å². The molecule has 1 heterocycles. The Morgan fingerprint density at radius 1 is 1.47 bits per heavy atom. The molecule has 2 N–H and O–H groups in total. The molecular weight excluding hydrogens is 194 g/mol. The van der Waals surface area contributed by atoms with Crippen LogP contribution in [0, 0.1) is 0 Å². The number of carboxylic acids is 1. The van der Waals surface area contributed by atoms with E-state index in [9.17, 15) is 4.79 Å². The number of aliphatic carboxylic acids is 1. The van der Waals surface area contributed by atoms with Crippen molar-refractivity contribution in [3.63, 3.8) is 0 Å². The van der Waals surface area contributed by atoms with E-state index in [-0.39, 0.29) is 12.1 Å². The zero-order chi connectivity index (χ0) is 10.7. The lowest BCUT2D eigenvalue weighted by molar-refractivity contribution is -0.136. The Labute approximate surface area is 90.0 Å². The number of hydrogen-bond acceptors (Lipinski definition) is 3. The maximum absolute atomic E-state index is 10.5. The van der Waals surface area contributed by atoms with Crippen LogP contribution in [0.1, 0.15) is 38.5 Å². The number of ether oxygens (including phenoxy) is 1. The van der Waals surface area contributed by atoms with Crippen LogP contribution in [0.5, 0.6) is 0 Å². The molecule has 1 saturated carbocycles. The minimum Gasteiger partial charge on any atom is -0.480 e. The lowest BCUT2D eigenvalue weighted by atomic mass is 9.89. The number of hydrogen-bond donors (Lipinski definition) is 2. The van der Waals surface area contributed by atoms with Crippen molar-refractivity contribution in [2.24, 2.45) is 0 Å². The number of nitrogens with one attached hydrogen (secondary N) is 1. The molecule has 0 aromatic rings. The Bertz CT molecular complexity index is 236. The van der Waals surface area contributed by atoms with E-state index in [1.54, 1.807) is 0 Å². The summed E-state index contributed by atoms with van der Waals surface area (Å²) in [5.41, 5.74) is 0.0778. The molecule has 0 radical (unpaired) electrons. The Hall–Kier alpha value is -0.610. The van der Waals surface area contributed by atoms with Gasteiger partial charge in [0.25, 0.3) is 0 Å². The smallest absolute Gasteiger partial charge is 0.317 e. The van der Waals surface area contributed by atoms with Crippen molar-refractivity contribution in [2.45, 2.75) is 50.2 Å². The Morgan fingerprint density at radius 3 is 2.87 bits per heavy atom. The highest BCUT2D eigenvalue weighted by molar-refractivity contribution is 5.69. The highest BCUT2D eigenvalue weighted by Crippen LogP contribution is 2.39. The lowest BCUT2D eigenvalue weighted by Gasteiger charge is -2.38. The Kier molecular flexibility index (Phi) is 3.26. The summed E-state index contributed by atoms with van der Waals surface area (Å²) >= 11 is 0. The Morgan fingerprint density at radius 2 is 2.20 bits per heavy atom. The highest BCUT2D eigenvalue weighted by atomic mass is 16.5. The molecule has 0 aromatic heterocycles. The van der Waals surface area contributed by atoms with Crippen LogP contribution in [0.4, 0.5) is 0 Å². The molecule has 1 aliphatic carbocycles. The number of rotatable bonds is 3. The first kappa shape index (κ1) is 10.9. The summed E-state index contributed by atoms with van der Waals surface area (Å²) in [6.45, 7) is 0.845. The molecule has 1 unspecified atom stereocenters. The molecular formula is C11H19NO3. The van der Waals surface area contributed by atoms with Gasteiger partial charge in [0.1, 0.15) is 0 Å². The van der Waals surface area contributed by atoms with Crippen LogP contribution >= 0.6 is 0 Å². The molecule has 0 bridgehead atoms. The molecule has 86 valence electrons. The van der Waals surface area contributed by atoms with Crippen molar-refractivity contribution in [2.75, 3.05) is 13.2 Å². The van der Waals surface area contributed by atoms with Crippen LogP contribution in [0.2, 0.25) is 0 Å². The summed E-state index contributed by atoms with van der Waals surface area (Å²) in [6.07, 6.45) is 6.74. The van der Waals surface area contributed by atoms with Gasteiger partial charge in [-0.1, -0.05) is 12.8 Å². The van der Waals surface area contributed by atoms with Gasteiger partial charge in [0.2, 0.25) is 0 Å². The van der Waals surface area contributed by atoms with Gasteiger partial charge in [0.05, 0.1) is 12.1 Å². The number of carbonyl (C=O) groups is 1. The fraction of sp³-hybridized carbons (Fsp3) is 0.909. The quantitative estimate of drug-likeness (QED) is 0.738. The molecule has 2 rings (SSSR count). The topological polar surface area (TPSA) is 58.6 Å². The molecule has 1 aliphatic heterocycles. The number of carboxylic acid groups (broad SMARTS) is 1. The van der Waals surface area contributed by atoms with Crippen LogP contribution in [0.3, 0.4) is 0 Å². The van der Waals surface area contributed by atoms with Crippen molar-refractivity contribution in [3.05, 3.63) is 0 Å². The van der Waals surface area contributed by atoms with Crippen LogP contribution in [0.25, 0.3) is 0 Å². The zero-order valence-corrected chi connectivity index (χ0v) is 9.00. The van der Waals surface area contributed by atoms with Crippen LogP contribution < -0.4 is 5.32 Å². The standard InChI is InChI=1S/C11H19NO3/c13-10(14)8-12-9-3-6-15-11(7-9)4-1-2-5-11/h9,12H,1-8H2,(H,13,14). The van der Waals surface area contributed by atoms with Crippen LogP contribution in [-0.2, 0) is 9.53 Å². The maximum atomic E-state index is 10.5. The molecule has 15 heavy (non-hydrogen) atoms. The average molecular weight is 213 g/mol. The van der Waals surface area contributed by atoms with Crippen molar-refractivity contribution in [1.29, 1.82) is 0 Å². The first-order chi connectivity index (χ1) is 7.20. The SMILES string of the molecule is O=C(O)CNC1CCOC2(CCCC2)C1. The summed E-state index contributed by atoms with van der Waals surface area (Å²) in [5.74, 6) is -0.776. The van der Waals surface area contributed by atoms with Crippen molar-refractivity contribution >= 4 is 5.97 Å². The Balaban J connectivity index is 1.84. The third kappa shape index (κ3) is 2.69. The van der Waals surface area contributed by atoms with E-state index in [4.69, 9.17) is 9.84 Å². The van der Waals surface area contributed by atoms with E-state index in [2.05, 4.69) is 5.32 Å². The summed E-state index contributed by atoms with van der Waals surface area (Å²) in [7, 11) is 0. The summed E-state index contributed by atoms with van der Waals surface area (Å²) in [5, 5.41) is 11.7. The second-order valence-corrected chi connectivity index (χ2v) is 4.70. The molecule has 0 amide bonds. The predicted octanol–water partition coefficient (Wildman–Crippen LogP) is 1.15. The third-order valence-corrected chi connectivity index (χ3v) is 3.55. The first-order valence-corrected chi connectivity index (χ1v) is 5.79. The van der Waals surface area contributed by atoms with Crippen molar-refractivity contribution < 1.29 is 14.6 Å². The lowest BCUT2D eigenvalue weighted by Crippen LogP contribution is -2.46. The highest BCUT2D eigenvalue weighted by Gasteiger charge is 2.39. The first-order valence-electron chi connectivity index (χ1n) is 5.79. The molecule has 0 aromatic carbocycles. The van der Waals surface area contributed by atoms with Gasteiger partial charge in [0, 0.05) is 12.6 Å². The van der Waals surface area contributed by atoms with Gasteiger partial charge in [-0.25, -0.2) is 0 Å². The molecule has 2 aliphatic rings. The van der Waals surface area contributed by atoms with E-state index in [1.165, 1.54) is 12.8 Å². The third-order valence-electron chi connectivity index (χ3n) is 3.55. The fourth-order valence-electron chi connectivity index (χ4n) is 2.80. The molecule has 1 atom stereocenters. The summed E-state index contributed by atoms with van der Waals surface area (Å²) in [6, 6.07) is 0.327. The molecule has 2 fully saturated rings. The van der Waals surface area contributed by atoms with Gasteiger partial charge in [-0.05, 0) is 25.7 Å². The molecule has 4 heteroatoms. The van der Waals surface area contributed by atoms with E-state index in [1.807, 2.05) is 0 Å². The predicted molar refractivity (Wildman–Crippen MR) is 55.8 cm³/mol. The average Bonchev–Trinajstić information content (AvgIpc) is 2.63. The fourth-order valence-corrected chi connectivity index (χ4v) is 2.80. The van der Waals surface area contributed by atoms with Crippen molar-refractivity contribution in [1.82, 2.24) is 5.32 Å². The maximum Gasteiger partial charge on any atom is 0.317 e. The largest absolute Gasteiger partial charge is 0.480 e. The zero-order valence-electron chi connectivity index (χ0n) is 9.00. The summed E-state index contributed by atoms with van der Waals surface area (Å²) < 4.78 is 5.88. The van der Waals surface area contributed by atoms with Gasteiger partial charge in [-0.3, -0.25) is 4.79 Å². The van der Waals surface area contributed by atoms with Gasteiger partial charge in [-0.15, -0.1) is 0 Å². The second-order valence-electron chi connectivity index (χ2n) is 4.70. The minimum atomic E-state index is -0.776. The van der Waals surface area contributed by atoms with Crippen LogP contribution in [-0.4, -0.2) is 35.9 Å². The minimum absolute atomic E-state index is 0.0702. The summed E-state index contributed by atoms with van der Waals surface area (Å²) in [4.78, 5) is 10.5. The van der Waals surface area contributed by atoms with Gasteiger partial charge in [0.15, 0.2) is 0 Å². The van der Waals surface area contributed by atoms with E-state index >= 15 is 0 Å². The van der Waals surface area contributed by atoms with Crippen LogP contribution in [0.15, 0.2) is 0 Å². The molecule has 1 saturated heterocycles. The van der Waals surface area contributed by atoms with Crippen molar-refractivity contribution in [3.8, 4) is 0 Å². The second kappa shape index (κ2) is 4.49. The van der Waals surface area contributed by atoms with E-state index in [0.29, 0.717) is 6.04 Å². The molecule has 1 spiro atoms. The monoisotopic (exact) mass is 213 g/mol. The van der Waals surface area contributed by atoms with E-state index < -0.39 is 5.97 Å². The molecule has 4 nitrogen and oxygen atoms in total.